The second-order valence-electron chi connectivity index (χ2n) is 7.45. The summed E-state index contributed by atoms with van der Waals surface area (Å²) in [6, 6.07) is 14.5. The summed E-state index contributed by atoms with van der Waals surface area (Å²) in [5.74, 6) is 0.634. The smallest absolute Gasteiger partial charge is 0.262 e. The highest BCUT2D eigenvalue weighted by Crippen LogP contribution is 2.25. The predicted octanol–water partition coefficient (Wildman–Crippen LogP) is 3.74. The van der Waals surface area contributed by atoms with E-state index in [2.05, 4.69) is 24.5 Å². The van der Waals surface area contributed by atoms with Gasteiger partial charge in [-0.2, -0.15) is 0 Å². The molecule has 2 N–H and O–H groups in total. The third-order valence-corrected chi connectivity index (χ3v) is 4.84. The number of rotatable bonds is 8. The molecule has 1 unspecified atom stereocenters. The molecule has 0 spiro atoms. The topological polar surface area (TPSA) is 76.7 Å². The van der Waals surface area contributed by atoms with E-state index < -0.39 is 0 Å². The van der Waals surface area contributed by atoms with E-state index in [0.717, 1.165) is 30.8 Å². The van der Waals surface area contributed by atoms with Crippen LogP contribution >= 0.6 is 0 Å². The highest BCUT2D eigenvalue weighted by molar-refractivity contribution is 5.96. The van der Waals surface area contributed by atoms with Crippen LogP contribution in [0.25, 0.3) is 0 Å². The molecule has 1 aliphatic rings. The molecule has 1 atom stereocenters. The highest BCUT2D eigenvalue weighted by atomic mass is 16.5. The van der Waals surface area contributed by atoms with Gasteiger partial charge >= 0.3 is 0 Å². The molecule has 2 amide bonds. The lowest BCUT2D eigenvalue weighted by Crippen LogP contribution is -2.31. The van der Waals surface area contributed by atoms with Crippen molar-refractivity contribution in [3.05, 3.63) is 59.7 Å². The second kappa shape index (κ2) is 10.1. The SMILES string of the molecule is CC(C)c1ccccc1OCC(=O)Nc1ccc(C(=O)NCC2CCCO2)cc1. The summed E-state index contributed by atoms with van der Waals surface area (Å²) < 4.78 is 11.2. The molecule has 1 saturated heterocycles. The molecule has 2 aromatic rings. The van der Waals surface area contributed by atoms with Gasteiger partial charge in [0.05, 0.1) is 6.10 Å². The van der Waals surface area contributed by atoms with Crippen molar-refractivity contribution < 1.29 is 19.1 Å². The fourth-order valence-electron chi connectivity index (χ4n) is 3.25. The minimum absolute atomic E-state index is 0.0760. The molecule has 0 bridgehead atoms. The normalized spacial score (nSPS) is 15.9. The number of carbonyl (C=O) groups excluding carboxylic acids is 2. The molecule has 0 aliphatic carbocycles. The van der Waals surface area contributed by atoms with Crippen LogP contribution in [0.4, 0.5) is 5.69 Å². The second-order valence-corrected chi connectivity index (χ2v) is 7.45. The van der Waals surface area contributed by atoms with Crippen LogP contribution in [0.5, 0.6) is 5.75 Å². The Morgan fingerprint density at radius 2 is 1.90 bits per heavy atom. The van der Waals surface area contributed by atoms with Gasteiger partial charge in [0, 0.05) is 24.4 Å². The Morgan fingerprint density at radius 1 is 1.14 bits per heavy atom. The fourth-order valence-corrected chi connectivity index (χ4v) is 3.25. The van der Waals surface area contributed by atoms with Crippen LogP contribution in [-0.4, -0.2) is 37.7 Å². The molecule has 6 heteroatoms. The summed E-state index contributed by atoms with van der Waals surface area (Å²) in [5.41, 5.74) is 2.23. The van der Waals surface area contributed by atoms with Gasteiger partial charge < -0.3 is 20.1 Å². The van der Waals surface area contributed by atoms with E-state index in [1.165, 1.54) is 0 Å². The van der Waals surface area contributed by atoms with Crippen molar-refractivity contribution in [1.82, 2.24) is 5.32 Å². The lowest BCUT2D eigenvalue weighted by molar-refractivity contribution is -0.118. The standard InChI is InChI=1S/C23H28N2O4/c1-16(2)20-7-3-4-8-21(20)29-15-22(26)25-18-11-9-17(10-12-18)23(27)24-14-19-6-5-13-28-19/h3-4,7-12,16,19H,5-6,13-15H2,1-2H3,(H,24,27)(H,25,26). The predicted molar refractivity (Wildman–Crippen MR) is 112 cm³/mol. The number of hydrogen-bond acceptors (Lipinski definition) is 4. The highest BCUT2D eigenvalue weighted by Gasteiger charge is 2.16. The van der Waals surface area contributed by atoms with Gasteiger partial charge in [-0.3, -0.25) is 9.59 Å². The van der Waals surface area contributed by atoms with Crippen LogP contribution in [-0.2, 0) is 9.53 Å². The Balaban J connectivity index is 1.47. The average Bonchev–Trinajstić information content (AvgIpc) is 3.25. The van der Waals surface area contributed by atoms with Gasteiger partial charge in [-0.1, -0.05) is 32.0 Å². The molecule has 2 aromatic carbocycles. The van der Waals surface area contributed by atoms with Gasteiger partial charge in [-0.15, -0.1) is 0 Å². The van der Waals surface area contributed by atoms with Crippen LogP contribution in [0.15, 0.2) is 48.5 Å². The fraction of sp³-hybridized carbons (Fsp3) is 0.391. The molecular formula is C23H28N2O4. The molecule has 29 heavy (non-hydrogen) atoms. The Labute approximate surface area is 171 Å². The van der Waals surface area contributed by atoms with E-state index in [4.69, 9.17) is 9.47 Å². The first-order valence-corrected chi connectivity index (χ1v) is 10.0. The van der Waals surface area contributed by atoms with Crippen molar-refractivity contribution in [3.8, 4) is 5.75 Å². The molecule has 0 saturated carbocycles. The van der Waals surface area contributed by atoms with Gasteiger partial charge in [0.2, 0.25) is 0 Å². The Kier molecular flexibility index (Phi) is 7.25. The maximum absolute atomic E-state index is 12.2. The zero-order valence-corrected chi connectivity index (χ0v) is 16.9. The van der Waals surface area contributed by atoms with Gasteiger partial charge in [-0.05, 0) is 54.7 Å². The van der Waals surface area contributed by atoms with E-state index >= 15 is 0 Å². The van der Waals surface area contributed by atoms with Crippen molar-refractivity contribution >= 4 is 17.5 Å². The van der Waals surface area contributed by atoms with Crippen molar-refractivity contribution in [2.75, 3.05) is 25.1 Å². The molecule has 3 rings (SSSR count). The Hall–Kier alpha value is -2.86. The molecule has 6 nitrogen and oxygen atoms in total. The van der Waals surface area contributed by atoms with Crippen LogP contribution in [0.3, 0.4) is 0 Å². The third kappa shape index (κ3) is 6.06. The van der Waals surface area contributed by atoms with E-state index in [-0.39, 0.29) is 24.5 Å². The summed E-state index contributed by atoms with van der Waals surface area (Å²) in [4.78, 5) is 24.4. The summed E-state index contributed by atoms with van der Waals surface area (Å²) in [6.45, 7) is 5.38. The van der Waals surface area contributed by atoms with E-state index in [0.29, 0.717) is 23.7 Å². The molecule has 0 radical (unpaired) electrons. The molecular weight excluding hydrogens is 368 g/mol. The number of nitrogens with one attached hydrogen (secondary N) is 2. The van der Waals surface area contributed by atoms with Crippen LogP contribution in [0, 0.1) is 0 Å². The average molecular weight is 396 g/mol. The van der Waals surface area contributed by atoms with Gasteiger partial charge in [0.1, 0.15) is 5.75 Å². The molecule has 1 heterocycles. The van der Waals surface area contributed by atoms with Crippen molar-refractivity contribution in [2.24, 2.45) is 0 Å². The first kappa shape index (κ1) is 20.9. The zero-order chi connectivity index (χ0) is 20.6. The summed E-state index contributed by atoms with van der Waals surface area (Å²) in [5, 5.41) is 5.67. The maximum Gasteiger partial charge on any atom is 0.262 e. The van der Waals surface area contributed by atoms with Crippen LogP contribution in [0.1, 0.15) is 48.5 Å². The third-order valence-electron chi connectivity index (χ3n) is 4.84. The molecule has 154 valence electrons. The van der Waals surface area contributed by atoms with Gasteiger partial charge in [0.25, 0.3) is 11.8 Å². The number of hydrogen-bond donors (Lipinski definition) is 2. The quantitative estimate of drug-likeness (QED) is 0.713. The van der Waals surface area contributed by atoms with E-state index in [1.807, 2.05) is 24.3 Å². The largest absolute Gasteiger partial charge is 0.483 e. The molecule has 0 aromatic heterocycles. The number of ether oxygens (including phenoxy) is 2. The summed E-state index contributed by atoms with van der Waals surface area (Å²) in [7, 11) is 0. The minimum atomic E-state index is -0.251. The number of para-hydroxylation sites is 1. The van der Waals surface area contributed by atoms with Crippen LogP contribution < -0.4 is 15.4 Å². The number of amides is 2. The summed E-state index contributed by atoms with van der Waals surface area (Å²) >= 11 is 0. The van der Waals surface area contributed by atoms with Crippen molar-refractivity contribution in [1.29, 1.82) is 0 Å². The lowest BCUT2D eigenvalue weighted by atomic mass is 10.0. The first-order valence-electron chi connectivity index (χ1n) is 10.0. The van der Waals surface area contributed by atoms with Crippen molar-refractivity contribution in [3.63, 3.8) is 0 Å². The number of anilines is 1. The van der Waals surface area contributed by atoms with Crippen molar-refractivity contribution in [2.45, 2.75) is 38.7 Å². The zero-order valence-electron chi connectivity index (χ0n) is 16.9. The van der Waals surface area contributed by atoms with Crippen LogP contribution in [0.2, 0.25) is 0 Å². The maximum atomic E-state index is 12.2. The minimum Gasteiger partial charge on any atom is -0.483 e. The number of benzene rings is 2. The van der Waals surface area contributed by atoms with E-state index in [1.54, 1.807) is 24.3 Å². The number of carbonyl (C=O) groups is 2. The first-order chi connectivity index (χ1) is 14.0. The van der Waals surface area contributed by atoms with Gasteiger partial charge in [-0.25, -0.2) is 0 Å². The molecule has 1 fully saturated rings. The Morgan fingerprint density at radius 3 is 2.59 bits per heavy atom. The molecule has 1 aliphatic heterocycles. The lowest BCUT2D eigenvalue weighted by Gasteiger charge is -2.14. The Bertz CT molecular complexity index is 827. The summed E-state index contributed by atoms with van der Waals surface area (Å²) in [6.07, 6.45) is 2.13. The van der Waals surface area contributed by atoms with Gasteiger partial charge in [0.15, 0.2) is 6.61 Å². The van der Waals surface area contributed by atoms with E-state index in [9.17, 15) is 9.59 Å². The monoisotopic (exact) mass is 396 g/mol.